The molecule has 122 valence electrons. The largest absolute Gasteiger partial charge is 0.462 e. The van der Waals surface area contributed by atoms with Crippen LogP contribution >= 0.6 is 0 Å². The number of benzene rings is 1. The maximum absolute atomic E-state index is 12.0. The van der Waals surface area contributed by atoms with Crippen molar-refractivity contribution in [2.75, 3.05) is 6.61 Å². The molecule has 0 atom stereocenters. The van der Waals surface area contributed by atoms with Crippen molar-refractivity contribution < 1.29 is 14.3 Å². The van der Waals surface area contributed by atoms with Gasteiger partial charge in [0, 0.05) is 29.7 Å². The Morgan fingerprint density at radius 1 is 1.12 bits per heavy atom. The lowest BCUT2D eigenvalue weighted by molar-refractivity contribution is 0.0527. The molecule has 1 N–H and O–H groups in total. The van der Waals surface area contributed by atoms with Gasteiger partial charge in [0.1, 0.15) is 5.75 Å². The Bertz CT molecular complexity index is 838. The molecule has 0 unspecified atom stereocenters. The highest BCUT2D eigenvalue weighted by atomic mass is 16.5. The Labute approximate surface area is 140 Å². The molecule has 0 amide bonds. The van der Waals surface area contributed by atoms with Crippen LogP contribution in [-0.2, 0) is 4.74 Å². The molecule has 0 radical (unpaired) electrons. The number of pyridine rings is 1. The van der Waals surface area contributed by atoms with E-state index in [9.17, 15) is 4.79 Å². The zero-order chi connectivity index (χ0) is 16.9. The van der Waals surface area contributed by atoms with Crippen LogP contribution in [0, 0.1) is 6.92 Å². The molecule has 0 aliphatic rings. The second-order valence-electron chi connectivity index (χ2n) is 5.25. The molecule has 0 saturated heterocycles. The minimum absolute atomic E-state index is 0.335. The van der Waals surface area contributed by atoms with Crippen molar-refractivity contribution in [3.05, 3.63) is 66.1 Å². The number of aromatic nitrogens is 2. The zero-order valence-electron chi connectivity index (χ0n) is 13.6. The second-order valence-corrected chi connectivity index (χ2v) is 5.25. The number of carbonyl (C=O) groups excluding carboxylic acids is 1. The number of aromatic amines is 1. The van der Waals surface area contributed by atoms with E-state index in [0.29, 0.717) is 23.8 Å². The number of hydrogen-bond acceptors (Lipinski definition) is 4. The van der Waals surface area contributed by atoms with Gasteiger partial charge < -0.3 is 14.5 Å². The summed E-state index contributed by atoms with van der Waals surface area (Å²) >= 11 is 0. The topological polar surface area (TPSA) is 64.2 Å². The highest BCUT2D eigenvalue weighted by Gasteiger charge is 2.15. The minimum atomic E-state index is -0.335. The molecule has 0 saturated carbocycles. The normalized spacial score (nSPS) is 10.4. The fourth-order valence-electron chi connectivity index (χ4n) is 2.38. The van der Waals surface area contributed by atoms with Gasteiger partial charge in [0.05, 0.1) is 12.2 Å². The first-order valence-electron chi connectivity index (χ1n) is 7.73. The quantitative estimate of drug-likeness (QED) is 0.709. The number of nitrogens with one attached hydrogen (secondary N) is 1. The van der Waals surface area contributed by atoms with Crippen LogP contribution < -0.4 is 4.74 Å². The number of ether oxygens (including phenoxy) is 2. The number of aryl methyl sites for hydroxylation is 1. The Morgan fingerprint density at radius 3 is 2.62 bits per heavy atom. The second kappa shape index (κ2) is 7.00. The molecule has 3 aromatic rings. The standard InChI is InChI=1S/C19H18N2O3/c1-3-23-19(22)17-12-20-11-16(17)14-7-9-15(10-8-14)24-18-6-4-5-13(2)21-18/h4-12,20H,3H2,1-2H3. The van der Waals surface area contributed by atoms with Crippen LogP contribution in [0.15, 0.2) is 54.9 Å². The van der Waals surface area contributed by atoms with E-state index in [0.717, 1.165) is 16.8 Å². The van der Waals surface area contributed by atoms with E-state index >= 15 is 0 Å². The van der Waals surface area contributed by atoms with Crippen molar-refractivity contribution in [2.24, 2.45) is 0 Å². The third-order valence-corrected chi connectivity index (χ3v) is 3.49. The van der Waals surface area contributed by atoms with Gasteiger partial charge in [-0.1, -0.05) is 18.2 Å². The number of H-pyrrole nitrogens is 1. The SMILES string of the molecule is CCOC(=O)c1c[nH]cc1-c1ccc(Oc2cccc(C)n2)cc1. The molecular weight excluding hydrogens is 304 g/mol. The van der Waals surface area contributed by atoms with Gasteiger partial charge in [-0.3, -0.25) is 0 Å². The molecule has 0 fully saturated rings. The van der Waals surface area contributed by atoms with Gasteiger partial charge in [0.15, 0.2) is 0 Å². The van der Waals surface area contributed by atoms with E-state index in [2.05, 4.69) is 9.97 Å². The molecule has 0 bridgehead atoms. The first-order valence-corrected chi connectivity index (χ1v) is 7.73. The summed E-state index contributed by atoms with van der Waals surface area (Å²) in [6.45, 7) is 4.05. The van der Waals surface area contributed by atoms with Crippen LogP contribution in [-0.4, -0.2) is 22.5 Å². The van der Waals surface area contributed by atoms with Gasteiger partial charge in [0.2, 0.25) is 5.88 Å². The van der Waals surface area contributed by atoms with Crippen LogP contribution in [0.2, 0.25) is 0 Å². The van der Waals surface area contributed by atoms with Crippen molar-refractivity contribution in [3.8, 4) is 22.8 Å². The molecule has 2 aromatic heterocycles. The van der Waals surface area contributed by atoms with Gasteiger partial charge in [-0.05, 0) is 37.6 Å². The van der Waals surface area contributed by atoms with E-state index in [1.54, 1.807) is 19.3 Å². The number of carbonyl (C=O) groups is 1. The molecular formula is C19H18N2O3. The summed E-state index contributed by atoms with van der Waals surface area (Å²) in [5.41, 5.74) is 3.12. The maximum atomic E-state index is 12.0. The summed E-state index contributed by atoms with van der Waals surface area (Å²) in [7, 11) is 0. The van der Waals surface area contributed by atoms with Crippen LogP contribution in [0.3, 0.4) is 0 Å². The molecule has 1 aromatic carbocycles. The number of nitrogens with zero attached hydrogens (tertiary/aromatic N) is 1. The lowest BCUT2D eigenvalue weighted by atomic mass is 10.0. The molecule has 5 nitrogen and oxygen atoms in total. The summed E-state index contributed by atoms with van der Waals surface area (Å²) in [5, 5.41) is 0. The predicted molar refractivity (Wildman–Crippen MR) is 91.2 cm³/mol. The molecule has 2 heterocycles. The Kier molecular flexibility index (Phi) is 4.61. The lowest BCUT2D eigenvalue weighted by Crippen LogP contribution is -2.04. The van der Waals surface area contributed by atoms with Gasteiger partial charge in [-0.15, -0.1) is 0 Å². The molecule has 0 aliphatic heterocycles. The summed E-state index contributed by atoms with van der Waals surface area (Å²) in [6, 6.07) is 13.1. The van der Waals surface area contributed by atoms with Crippen LogP contribution in [0.1, 0.15) is 23.0 Å². The highest BCUT2D eigenvalue weighted by molar-refractivity contribution is 5.97. The average molecular weight is 322 g/mol. The van der Waals surface area contributed by atoms with Gasteiger partial charge >= 0.3 is 5.97 Å². The van der Waals surface area contributed by atoms with Crippen molar-refractivity contribution in [1.82, 2.24) is 9.97 Å². The van der Waals surface area contributed by atoms with Crippen LogP contribution in [0.25, 0.3) is 11.1 Å². The first-order chi connectivity index (χ1) is 11.7. The third kappa shape index (κ3) is 3.46. The smallest absolute Gasteiger partial charge is 0.340 e. The zero-order valence-corrected chi connectivity index (χ0v) is 13.6. The van der Waals surface area contributed by atoms with Crippen molar-refractivity contribution >= 4 is 5.97 Å². The highest BCUT2D eigenvalue weighted by Crippen LogP contribution is 2.27. The van der Waals surface area contributed by atoms with Crippen LogP contribution in [0.4, 0.5) is 0 Å². The average Bonchev–Trinajstić information content (AvgIpc) is 3.05. The van der Waals surface area contributed by atoms with E-state index in [-0.39, 0.29) is 5.97 Å². The lowest BCUT2D eigenvalue weighted by Gasteiger charge is -2.07. The van der Waals surface area contributed by atoms with Crippen molar-refractivity contribution in [3.63, 3.8) is 0 Å². The first kappa shape index (κ1) is 15.8. The minimum Gasteiger partial charge on any atom is -0.462 e. The van der Waals surface area contributed by atoms with Crippen LogP contribution in [0.5, 0.6) is 11.6 Å². The van der Waals surface area contributed by atoms with Gasteiger partial charge in [-0.2, -0.15) is 0 Å². The molecule has 0 spiro atoms. The molecule has 3 rings (SSSR count). The summed E-state index contributed by atoms with van der Waals surface area (Å²) in [4.78, 5) is 19.2. The summed E-state index contributed by atoms with van der Waals surface area (Å²) < 4.78 is 10.8. The van der Waals surface area contributed by atoms with E-state index in [1.807, 2.05) is 49.4 Å². The van der Waals surface area contributed by atoms with E-state index in [1.165, 1.54) is 0 Å². The Balaban J connectivity index is 1.80. The fourth-order valence-corrected chi connectivity index (χ4v) is 2.38. The van der Waals surface area contributed by atoms with Gasteiger partial charge in [0.25, 0.3) is 0 Å². The van der Waals surface area contributed by atoms with Gasteiger partial charge in [-0.25, -0.2) is 9.78 Å². The van der Waals surface area contributed by atoms with Crippen molar-refractivity contribution in [1.29, 1.82) is 0 Å². The van der Waals surface area contributed by atoms with E-state index < -0.39 is 0 Å². The fraction of sp³-hybridized carbons (Fsp3) is 0.158. The monoisotopic (exact) mass is 322 g/mol. The summed E-state index contributed by atoms with van der Waals surface area (Å²) in [5.74, 6) is 0.903. The predicted octanol–water partition coefficient (Wildman–Crippen LogP) is 4.35. The molecule has 0 aliphatic carbocycles. The maximum Gasteiger partial charge on any atom is 0.340 e. The number of esters is 1. The third-order valence-electron chi connectivity index (χ3n) is 3.49. The number of hydrogen-bond donors (Lipinski definition) is 1. The summed E-state index contributed by atoms with van der Waals surface area (Å²) in [6.07, 6.45) is 3.43. The number of rotatable bonds is 5. The Morgan fingerprint density at radius 2 is 1.92 bits per heavy atom. The van der Waals surface area contributed by atoms with E-state index in [4.69, 9.17) is 9.47 Å². The van der Waals surface area contributed by atoms with Crippen molar-refractivity contribution in [2.45, 2.75) is 13.8 Å². The Hall–Kier alpha value is -3.08. The molecule has 24 heavy (non-hydrogen) atoms. The molecule has 5 heteroatoms.